The van der Waals surface area contributed by atoms with Crippen molar-refractivity contribution >= 4 is 17.5 Å². The van der Waals surface area contributed by atoms with Crippen molar-refractivity contribution in [3.8, 4) is 5.69 Å². The highest BCUT2D eigenvalue weighted by molar-refractivity contribution is 5.91. The number of carbonyl (C=O) groups is 2. The first-order valence-corrected chi connectivity index (χ1v) is 7.54. The van der Waals surface area contributed by atoms with Crippen LogP contribution < -0.4 is 11.1 Å². The summed E-state index contributed by atoms with van der Waals surface area (Å²) in [6.07, 6.45) is 3.05. The van der Waals surface area contributed by atoms with Crippen molar-refractivity contribution < 1.29 is 9.59 Å². The normalized spacial score (nSPS) is 10.6. The molecule has 2 heterocycles. The molecule has 3 rings (SSSR count). The predicted molar refractivity (Wildman–Crippen MR) is 90.2 cm³/mol. The van der Waals surface area contributed by atoms with Gasteiger partial charge in [-0.1, -0.05) is 0 Å². The zero-order chi connectivity index (χ0) is 18.0. The maximum absolute atomic E-state index is 12.0. The number of nitrogens with zero attached hydrogens (tertiary/aromatic N) is 5. The first-order valence-electron chi connectivity index (χ1n) is 7.54. The molecule has 1 aromatic carbocycles. The minimum absolute atomic E-state index is 0.0676. The van der Waals surface area contributed by atoms with Gasteiger partial charge in [0.15, 0.2) is 0 Å². The van der Waals surface area contributed by atoms with E-state index in [-0.39, 0.29) is 18.3 Å². The van der Waals surface area contributed by atoms with Crippen molar-refractivity contribution in [3.63, 3.8) is 0 Å². The maximum atomic E-state index is 12.0. The standard InChI is InChI=1S/C16H17N7O2/c1-10-11(2)23(9-18-10)13-5-3-12(4-6-13)20-14(24)7-22-8-19-16(21-22)15(17)25/h3-6,8-9H,7H2,1-2H3,(H2,17,25)(H,20,24). The Bertz CT molecular complexity index is 924. The Morgan fingerprint density at radius 1 is 1.12 bits per heavy atom. The average Bonchev–Trinajstić information content (AvgIpc) is 3.16. The van der Waals surface area contributed by atoms with Crippen LogP contribution in [0.5, 0.6) is 0 Å². The molecule has 0 atom stereocenters. The van der Waals surface area contributed by atoms with Crippen LogP contribution in [-0.4, -0.2) is 36.1 Å². The lowest BCUT2D eigenvalue weighted by molar-refractivity contribution is -0.116. The molecular weight excluding hydrogens is 322 g/mol. The first kappa shape index (κ1) is 16.4. The number of rotatable bonds is 5. The quantitative estimate of drug-likeness (QED) is 0.713. The van der Waals surface area contributed by atoms with Crippen molar-refractivity contribution in [1.82, 2.24) is 24.3 Å². The molecule has 9 heteroatoms. The molecule has 0 unspecified atom stereocenters. The fourth-order valence-electron chi connectivity index (χ4n) is 2.30. The average molecular weight is 339 g/mol. The minimum atomic E-state index is -0.736. The molecule has 2 aromatic heterocycles. The molecule has 0 aliphatic rings. The summed E-state index contributed by atoms with van der Waals surface area (Å²) in [6, 6.07) is 7.39. The van der Waals surface area contributed by atoms with Gasteiger partial charge in [0.25, 0.3) is 5.91 Å². The van der Waals surface area contributed by atoms with Gasteiger partial charge in [-0.2, -0.15) is 0 Å². The molecule has 3 aromatic rings. The highest BCUT2D eigenvalue weighted by Crippen LogP contribution is 2.16. The van der Waals surface area contributed by atoms with E-state index in [4.69, 9.17) is 5.73 Å². The van der Waals surface area contributed by atoms with Gasteiger partial charge < -0.3 is 15.6 Å². The van der Waals surface area contributed by atoms with E-state index in [0.717, 1.165) is 17.1 Å². The number of hydrogen-bond acceptors (Lipinski definition) is 5. The molecular formula is C16H17N7O2. The van der Waals surface area contributed by atoms with Crippen LogP contribution in [0.2, 0.25) is 0 Å². The van der Waals surface area contributed by atoms with Gasteiger partial charge in [-0.05, 0) is 38.1 Å². The number of carbonyl (C=O) groups excluding carboxylic acids is 2. The zero-order valence-corrected chi connectivity index (χ0v) is 13.8. The molecule has 128 valence electrons. The molecule has 0 bridgehead atoms. The molecule has 0 fully saturated rings. The van der Waals surface area contributed by atoms with Crippen LogP contribution in [0.4, 0.5) is 5.69 Å². The molecule has 0 spiro atoms. The van der Waals surface area contributed by atoms with E-state index < -0.39 is 5.91 Å². The first-order chi connectivity index (χ1) is 11.9. The Hall–Kier alpha value is -3.49. The van der Waals surface area contributed by atoms with Crippen LogP contribution >= 0.6 is 0 Å². The van der Waals surface area contributed by atoms with Crippen LogP contribution in [0.1, 0.15) is 22.0 Å². The Kier molecular flexibility index (Phi) is 4.29. The lowest BCUT2D eigenvalue weighted by atomic mass is 10.2. The Morgan fingerprint density at radius 2 is 1.84 bits per heavy atom. The summed E-state index contributed by atoms with van der Waals surface area (Å²) < 4.78 is 3.23. The van der Waals surface area contributed by atoms with Crippen LogP contribution in [0.25, 0.3) is 5.69 Å². The summed E-state index contributed by atoms with van der Waals surface area (Å²) in [5.41, 5.74) is 8.72. The molecule has 0 radical (unpaired) electrons. The van der Waals surface area contributed by atoms with Gasteiger partial charge in [0.1, 0.15) is 12.9 Å². The number of nitrogens with two attached hydrogens (primary N) is 1. The molecule has 2 amide bonds. The molecule has 25 heavy (non-hydrogen) atoms. The van der Waals surface area contributed by atoms with Gasteiger partial charge in [0, 0.05) is 17.1 Å². The fraction of sp³-hybridized carbons (Fsp3) is 0.188. The van der Waals surface area contributed by atoms with E-state index in [1.54, 1.807) is 18.5 Å². The smallest absolute Gasteiger partial charge is 0.288 e. The molecule has 9 nitrogen and oxygen atoms in total. The molecule has 3 N–H and O–H groups in total. The summed E-state index contributed by atoms with van der Waals surface area (Å²) >= 11 is 0. The van der Waals surface area contributed by atoms with Gasteiger partial charge in [-0.25, -0.2) is 14.6 Å². The fourth-order valence-corrected chi connectivity index (χ4v) is 2.30. The number of primary amides is 1. The van der Waals surface area contributed by atoms with Crippen LogP contribution in [0.3, 0.4) is 0 Å². The number of imidazole rings is 1. The Balaban J connectivity index is 1.65. The molecule has 0 saturated heterocycles. The number of aromatic nitrogens is 5. The lowest BCUT2D eigenvalue weighted by Crippen LogP contribution is -2.20. The SMILES string of the molecule is Cc1ncn(-c2ccc(NC(=O)Cn3cnc(C(N)=O)n3)cc2)c1C. The number of hydrogen-bond donors (Lipinski definition) is 2. The summed E-state index contributed by atoms with van der Waals surface area (Å²) in [4.78, 5) is 31.0. The van der Waals surface area contributed by atoms with Crippen molar-refractivity contribution in [2.24, 2.45) is 5.73 Å². The second-order valence-corrected chi connectivity index (χ2v) is 5.51. The van der Waals surface area contributed by atoms with Gasteiger partial charge >= 0.3 is 0 Å². The van der Waals surface area contributed by atoms with Crippen molar-refractivity contribution in [3.05, 3.63) is 54.1 Å². The highest BCUT2D eigenvalue weighted by Gasteiger charge is 2.10. The third kappa shape index (κ3) is 3.55. The van der Waals surface area contributed by atoms with Crippen molar-refractivity contribution in [2.75, 3.05) is 5.32 Å². The summed E-state index contributed by atoms with van der Waals surface area (Å²) in [5, 5.41) is 6.58. The Labute approximate surface area is 143 Å². The second-order valence-electron chi connectivity index (χ2n) is 5.51. The Morgan fingerprint density at radius 3 is 2.40 bits per heavy atom. The maximum Gasteiger partial charge on any atom is 0.288 e. The van der Waals surface area contributed by atoms with Crippen LogP contribution in [0.15, 0.2) is 36.9 Å². The van der Waals surface area contributed by atoms with Gasteiger partial charge in [0.2, 0.25) is 11.7 Å². The largest absolute Gasteiger partial charge is 0.363 e. The predicted octanol–water partition coefficient (Wildman–Crippen LogP) is 0.818. The molecule has 0 aliphatic heterocycles. The van der Waals surface area contributed by atoms with E-state index in [1.807, 2.05) is 30.5 Å². The number of anilines is 1. The van der Waals surface area contributed by atoms with Crippen molar-refractivity contribution in [2.45, 2.75) is 20.4 Å². The molecule has 0 aliphatic carbocycles. The van der Waals surface area contributed by atoms with Crippen LogP contribution in [0, 0.1) is 13.8 Å². The summed E-state index contributed by atoms with van der Waals surface area (Å²) in [5.74, 6) is -1.15. The number of benzene rings is 1. The number of amides is 2. The topological polar surface area (TPSA) is 121 Å². The summed E-state index contributed by atoms with van der Waals surface area (Å²) in [7, 11) is 0. The summed E-state index contributed by atoms with van der Waals surface area (Å²) in [6.45, 7) is 3.88. The monoisotopic (exact) mass is 339 g/mol. The van der Waals surface area contributed by atoms with E-state index in [0.29, 0.717) is 5.69 Å². The van der Waals surface area contributed by atoms with E-state index in [9.17, 15) is 9.59 Å². The van der Waals surface area contributed by atoms with Crippen molar-refractivity contribution in [1.29, 1.82) is 0 Å². The third-order valence-electron chi connectivity index (χ3n) is 3.74. The third-order valence-corrected chi connectivity index (χ3v) is 3.74. The number of aryl methyl sites for hydroxylation is 1. The zero-order valence-electron chi connectivity index (χ0n) is 13.8. The van der Waals surface area contributed by atoms with E-state index in [1.165, 1.54) is 11.0 Å². The van der Waals surface area contributed by atoms with E-state index >= 15 is 0 Å². The molecule has 0 saturated carbocycles. The lowest BCUT2D eigenvalue weighted by Gasteiger charge is -2.08. The van der Waals surface area contributed by atoms with Gasteiger partial charge in [-0.3, -0.25) is 9.59 Å². The minimum Gasteiger partial charge on any atom is -0.363 e. The van der Waals surface area contributed by atoms with Crippen LogP contribution in [-0.2, 0) is 11.3 Å². The van der Waals surface area contributed by atoms with Gasteiger partial charge in [0.05, 0.1) is 12.0 Å². The second kappa shape index (κ2) is 6.56. The highest BCUT2D eigenvalue weighted by atomic mass is 16.2. The van der Waals surface area contributed by atoms with Gasteiger partial charge in [-0.15, -0.1) is 5.10 Å². The van der Waals surface area contributed by atoms with E-state index in [2.05, 4.69) is 20.4 Å². The number of nitrogens with one attached hydrogen (secondary N) is 1.